The van der Waals surface area contributed by atoms with Crippen molar-refractivity contribution in [2.75, 3.05) is 20.7 Å². The Morgan fingerprint density at radius 2 is 2.14 bits per heavy atom. The van der Waals surface area contributed by atoms with Gasteiger partial charge in [0.25, 0.3) is 0 Å². The van der Waals surface area contributed by atoms with Crippen molar-refractivity contribution >= 4 is 5.78 Å². The Labute approximate surface area is 163 Å². The van der Waals surface area contributed by atoms with Gasteiger partial charge in [-0.15, -0.1) is 6.58 Å². The maximum absolute atomic E-state index is 13.3. The summed E-state index contributed by atoms with van der Waals surface area (Å²) in [6, 6.07) is 4.06. The molecule has 2 heterocycles. The molecule has 28 heavy (non-hydrogen) atoms. The molecule has 0 N–H and O–H groups in total. The molecule has 6 rings (SSSR count). The highest BCUT2D eigenvalue weighted by atomic mass is 16.7. The summed E-state index contributed by atoms with van der Waals surface area (Å²) in [6.07, 6.45) is 5.11. The maximum Gasteiger partial charge on any atom is 0.231 e. The minimum Gasteiger partial charge on any atom is -0.493 e. The van der Waals surface area contributed by atoms with Crippen LogP contribution in [0.4, 0.5) is 0 Å². The molecule has 3 aliphatic carbocycles. The molecule has 1 saturated heterocycles. The van der Waals surface area contributed by atoms with Gasteiger partial charge in [-0.2, -0.15) is 0 Å². The summed E-state index contributed by atoms with van der Waals surface area (Å²) in [5.41, 5.74) is -0.302. The van der Waals surface area contributed by atoms with Crippen molar-refractivity contribution in [1.82, 2.24) is 0 Å². The number of hydrogen-bond donors (Lipinski definition) is 0. The predicted molar refractivity (Wildman–Crippen MR) is 98.2 cm³/mol. The lowest BCUT2D eigenvalue weighted by Gasteiger charge is -2.79. The SMILES string of the molecule is C=CCC12CC34OCOC3=CC(=O)C41C(C)C2c1cc(OC)c2c(c1)OCO2. The van der Waals surface area contributed by atoms with Crippen LogP contribution in [0.1, 0.15) is 31.2 Å². The van der Waals surface area contributed by atoms with Crippen molar-refractivity contribution in [2.45, 2.75) is 31.3 Å². The average Bonchev–Trinajstić information content (AvgIpc) is 3.33. The zero-order valence-electron chi connectivity index (χ0n) is 15.9. The number of carbonyl (C=O) groups is 1. The van der Waals surface area contributed by atoms with E-state index in [1.807, 2.05) is 18.2 Å². The summed E-state index contributed by atoms with van der Waals surface area (Å²) in [5.74, 6) is 3.11. The molecule has 5 atom stereocenters. The van der Waals surface area contributed by atoms with E-state index < -0.39 is 11.0 Å². The normalized spacial score (nSPS) is 41.1. The monoisotopic (exact) mass is 382 g/mol. The summed E-state index contributed by atoms with van der Waals surface area (Å²) >= 11 is 0. The molecule has 146 valence electrons. The third kappa shape index (κ3) is 1.40. The van der Waals surface area contributed by atoms with Crippen molar-refractivity contribution in [1.29, 1.82) is 0 Å². The van der Waals surface area contributed by atoms with Crippen molar-refractivity contribution in [3.05, 3.63) is 42.2 Å². The van der Waals surface area contributed by atoms with Crippen LogP contribution in [0.3, 0.4) is 0 Å². The van der Waals surface area contributed by atoms with E-state index in [4.69, 9.17) is 23.7 Å². The first-order chi connectivity index (χ1) is 13.6. The Morgan fingerprint density at radius 3 is 2.93 bits per heavy atom. The lowest BCUT2D eigenvalue weighted by Crippen LogP contribution is -2.83. The molecule has 0 bridgehead atoms. The number of fused-ring (bicyclic) bond motifs is 1. The van der Waals surface area contributed by atoms with Crippen LogP contribution in [0.5, 0.6) is 17.2 Å². The van der Waals surface area contributed by atoms with E-state index >= 15 is 0 Å². The van der Waals surface area contributed by atoms with Gasteiger partial charge in [-0.25, -0.2) is 0 Å². The van der Waals surface area contributed by atoms with Crippen LogP contribution in [-0.2, 0) is 14.3 Å². The summed E-state index contributed by atoms with van der Waals surface area (Å²) in [7, 11) is 1.63. The molecule has 6 nitrogen and oxygen atoms in total. The van der Waals surface area contributed by atoms with Gasteiger partial charge >= 0.3 is 0 Å². The average molecular weight is 382 g/mol. The van der Waals surface area contributed by atoms with Gasteiger partial charge in [0.15, 0.2) is 24.1 Å². The standard InChI is InChI=1S/C22H22O6/c1-4-5-20-9-21-17(26-11-28-21)8-16(23)22(20,21)12(2)18(20)13-6-14(24-3)19-15(7-13)25-10-27-19/h4,6-8,12,18H,1,5,9-11H2,2-3H3. The Bertz CT molecular complexity index is 966. The molecule has 2 spiro atoms. The number of hydrogen-bond acceptors (Lipinski definition) is 6. The fraction of sp³-hybridized carbons (Fsp3) is 0.500. The summed E-state index contributed by atoms with van der Waals surface area (Å²) in [6.45, 7) is 6.56. The third-order valence-corrected chi connectivity index (χ3v) is 7.88. The van der Waals surface area contributed by atoms with E-state index in [1.54, 1.807) is 13.2 Å². The van der Waals surface area contributed by atoms with Crippen molar-refractivity contribution in [3.8, 4) is 17.2 Å². The highest BCUT2D eigenvalue weighted by molar-refractivity contribution is 6.04. The molecule has 0 amide bonds. The highest BCUT2D eigenvalue weighted by Crippen LogP contribution is 2.88. The molecule has 1 aromatic carbocycles. The van der Waals surface area contributed by atoms with Crippen LogP contribution in [0.2, 0.25) is 0 Å². The van der Waals surface area contributed by atoms with Gasteiger partial charge in [0, 0.05) is 11.5 Å². The topological polar surface area (TPSA) is 63.2 Å². The zero-order chi connectivity index (χ0) is 19.3. The maximum atomic E-state index is 13.3. The number of rotatable bonds is 4. The van der Waals surface area contributed by atoms with Gasteiger partial charge in [-0.3, -0.25) is 4.79 Å². The van der Waals surface area contributed by atoms with E-state index in [-0.39, 0.29) is 36.6 Å². The van der Waals surface area contributed by atoms with E-state index in [0.717, 1.165) is 18.4 Å². The molecule has 0 radical (unpaired) electrons. The predicted octanol–water partition coefficient (Wildman–Crippen LogP) is 3.32. The molecule has 6 heteroatoms. The first-order valence-electron chi connectivity index (χ1n) is 9.67. The lowest BCUT2D eigenvalue weighted by atomic mass is 9.23. The Morgan fingerprint density at radius 1 is 1.29 bits per heavy atom. The molecular weight excluding hydrogens is 360 g/mol. The van der Waals surface area contributed by atoms with E-state index in [0.29, 0.717) is 23.0 Å². The first-order valence-corrected chi connectivity index (χ1v) is 9.67. The van der Waals surface area contributed by atoms with Crippen molar-refractivity contribution in [3.63, 3.8) is 0 Å². The number of allylic oxidation sites excluding steroid dienone is 2. The summed E-state index contributed by atoms with van der Waals surface area (Å²) in [4.78, 5) is 13.3. The van der Waals surface area contributed by atoms with Gasteiger partial charge < -0.3 is 23.7 Å². The minimum atomic E-state index is -0.594. The number of ketones is 1. The van der Waals surface area contributed by atoms with E-state index in [9.17, 15) is 4.79 Å². The Hall–Kier alpha value is -2.47. The Kier molecular flexibility index (Phi) is 2.90. The number of benzene rings is 1. The van der Waals surface area contributed by atoms with Crippen LogP contribution in [0.25, 0.3) is 0 Å². The fourth-order valence-corrected chi connectivity index (χ4v) is 7.27. The van der Waals surface area contributed by atoms with Crippen LogP contribution in [0, 0.1) is 16.7 Å². The van der Waals surface area contributed by atoms with E-state index in [2.05, 4.69) is 13.5 Å². The van der Waals surface area contributed by atoms with Crippen LogP contribution in [0.15, 0.2) is 36.6 Å². The van der Waals surface area contributed by atoms with Crippen LogP contribution >= 0.6 is 0 Å². The molecule has 2 aliphatic heterocycles. The number of carbonyl (C=O) groups excluding carboxylic acids is 1. The molecule has 0 aromatic heterocycles. The van der Waals surface area contributed by atoms with Gasteiger partial charge in [0.2, 0.25) is 12.5 Å². The molecule has 1 aromatic rings. The number of ether oxygens (including phenoxy) is 5. The van der Waals surface area contributed by atoms with Crippen molar-refractivity contribution in [2.24, 2.45) is 16.7 Å². The second-order valence-corrected chi connectivity index (χ2v) is 8.46. The smallest absolute Gasteiger partial charge is 0.231 e. The third-order valence-electron chi connectivity index (χ3n) is 7.88. The largest absolute Gasteiger partial charge is 0.493 e. The summed E-state index contributed by atoms with van der Waals surface area (Å²) < 4.78 is 28.5. The molecule has 2 saturated carbocycles. The zero-order valence-corrected chi connectivity index (χ0v) is 15.9. The van der Waals surface area contributed by atoms with Crippen LogP contribution in [-0.4, -0.2) is 32.1 Å². The van der Waals surface area contributed by atoms with Crippen molar-refractivity contribution < 1.29 is 28.5 Å². The van der Waals surface area contributed by atoms with Gasteiger partial charge in [-0.1, -0.05) is 13.0 Å². The molecule has 5 aliphatic rings. The van der Waals surface area contributed by atoms with Gasteiger partial charge in [-0.05, 0) is 42.4 Å². The van der Waals surface area contributed by atoms with Gasteiger partial charge in [0.1, 0.15) is 11.4 Å². The minimum absolute atomic E-state index is 0.0919. The van der Waals surface area contributed by atoms with Gasteiger partial charge in [0.05, 0.1) is 12.5 Å². The van der Waals surface area contributed by atoms with Crippen LogP contribution < -0.4 is 14.2 Å². The fourth-order valence-electron chi connectivity index (χ4n) is 7.27. The molecule has 3 fully saturated rings. The van der Waals surface area contributed by atoms with E-state index in [1.165, 1.54) is 0 Å². The molecular formula is C22H22O6. The summed E-state index contributed by atoms with van der Waals surface area (Å²) in [5, 5.41) is 0. The second kappa shape index (κ2) is 4.92. The first kappa shape index (κ1) is 16.5. The lowest BCUT2D eigenvalue weighted by molar-refractivity contribution is -0.329. The number of methoxy groups -OCH3 is 1. The Balaban J connectivity index is 1.49. The highest BCUT2D eigenvalue weighted by Gasteiger charge is 2.92. The quantitative estimate of drug-likeness (QED) is 0.745. The second-order valence-electron chi connectivity index (χ2n) is 8.46. The molecule has 5 unspecified atom stereocenters.